The predicted octanol–water partition coefficient (Wildman–Crippen LogP) is 2.61. The molecule has 0 saturated carbocycles. The number of benzene rings is 1. The van der Waals surface area contributed by atoms with Crippen molar-refractivity contribution in [2.75, 3.05) is 12.4 Å². The summed E-state index contributed by atoms with van der Waals surface area (Å²) in [5.74, 6) is 0. The second kappa shape index (κ2) is 4.49. The van der Waals surface area contributed by atoms with Gasteiger partial charge in [0.15, 0.2) is 5.13 Å². The quantitative estimate of drug-likeness (QED) is 0.840. The molecule has 1 heterocycles. The zero-order valence-corrected chi connectivity index (χ0v) is 10.0. The number of aryl methyl sites for hydroxylation is 1. The third kappa shape index (κ3) is 2.14. The Kier molecular flexibility index (Phi) is 3.05. The summed E-state index contributed by atoms with van der Waals surface area (Å²) in [4.78, 5) is 15.4. The Hall–Kier alpha value is -1.62. The minimum Gasteiger partial charge on any atom is -0.341 e. The molecule has 0 atom stereocenters. The first-order chi connectivity index (χ1) is 7.72. The molecule has 4 nitrogen and oxygen atoms in total. The molecule has 2 rings (SSSR count). The first-order valence-corrected chi connectivity index (χ1v) is 5.92. The highest BCUT2D eigenvalue weighted by Gasteiger charge is 2.06. The Labute approximate surface area is 97.7 Å². The number of fused-ring (bicyclic) bond motifs is 1. The number of carbonyl (C=O) groups is 1. The maximum Gasteiger partial charge on any atom is 0.320 e. The average molecular weight is 235 g/mol. The molecule has 1 aromatic carbocycles. The van der Waals surface area contributed by atoms with Crippen molar-refractivity contribution in [3.8, 4) is 0 Å². The highest BCUT2D eigenvalue weighted by Crippen LogP contribution is 2.26. The Bertz CT molecular complexity index is 521. The first-order valence-electron chi connectivity index (χ1n) is 5.11. The molecule has 5 heteroatoms. The topological polar surface area (TPSA) is 54.0 Å². The van der Waals surface area contributed by atoms with Crippen LogP contribution in [0.4, 0.5) is 9.93 Å². The van der Waals surface area contributed by atoms with Crippen LogP contribution in [-0.4, -0.2) is 18.1 Å². The summed E-state index contributed by atoms with van der Waals surface area (Å²) in [5.41, 5.74) is 2.20. The fraction of sp³-hybridized carbons (Fsp3) is 0.273. The number of hydrogen-bond donors (Lipinski definition) is 2. The van der Waals surface area contributed by atoms with E-state index in [1.54, 1.807) is 7.05 Å². The van der Waals surface area contributed by atoms with E-state index in [0.29, 0.717) is 5.13 Å². The van der Waals surface area contributed by atoms with Crippen molar-refractivity contribution in [1.82, 2.24) is 10.3 Å². The van der Waals surface area contributed by atoms with E-state index in [4.69, 9.17) is 0 Å². The number of nitrogens with one attached hydrogen (secondary N) is 2. The molecule has 0 bridgehead atoms. The first kappa shape index (κ1) is 10.9. The molecular formula is C11H13N3OS. The maximum atomic E-state index is 11.1. The minimum atomic E-state index is -0.241. The fourth-order valence-electron chi connectivity index (χ4n) is 1.40. The second-order valence-electron chi connectivity index (χ2n) is 3.38. The van der Waals surface area contributed by atoms with E-state index in [1.165, 1.54) is 16.9 Å². The molecule has 0 aliphatic carbocycles. The van der Waals surface area contributed by atoms with Gasteiger partial charge in [-0.1, -0.05) is 24.3 Å². The number of aromatic nitrogens is 1. The third-order valence-corrected chi connectivity index (χ3v) is 3.24. The van der Waals surface area contributed by atoms with Crippen molar-refractivity contribution in [1.29, 1.82) is 0 Å². The number of thiazole rings is 1. The molecular weight excluding hydrogens is 222 g/mol. The van der Waals surface area contributed by atoms with E-state index >= 15 is 0 Å². The molecule has 84 valence electrons. The van der Waals surface area contributed by atoms with Crippen LogP contribution in [0.5, 0.6) is 0 Å². The summed E-state index contributed by atoms with van der Waals surface area (Å²) < 4.78 is 1.10. The minimum absolute atomic E-state index is 0.241. The van der Waals surface area contributed by atoms with Crippen LogP contribution >= 0.6 is 11.3 Å². The summed E-state index contributed by atoms with van der Waals surface area (Å²) in [6.07, 6.45) is 1.01. The number of amides is 2. The lowest BCUT2D eigenvalue weighted by Crippen LogP contribution is -2.24. The molecule has 0 fully saturated rings. The van der Waals surface area contributed by atoms with E-state index in [9.17, 15) is 4.79 Å². The molecule has 0 saturated heterocycles. The number of hydrogen-bond acceptors (Lipinski definition) is 3. The normalized spacial score (nSPS) is 10.4. The van der Waals surface area contributed by atoms with Crippen LogP contribution in [0.25, 0.3) is 10.2 Å². The molecule has 16 heavy (non-hydrogen) atoms. The summed E-state index contributed by atoms with van der Waals surface area (Å²) >= 11 is 1.49. The molecule has 0 aliphatic heterocycles. The van der Waals surface area contributed by atoms with Crippen molar-refractivity contribution in [2.24, 2.45) is 0 Å². The highest BCUT2D eigenvalue weighted by atomic mass is 32.1. The monoisotopic (exact) mass is 235 g/mol. The highest BCUT2D eigenvalue weighted by molar-refractivity contribution is 7.22. The van der Waals surface area contributed by atoms with Gasteiger partial charge in [-0.25, -0.2) is 9.78 Å². The second-order valence-corrected chi connectivity index (χ2v) is 4.41. The predicted molar refractivity (Wildman–Crippen MR) is 67.1 cm³/mol. The van der Waals surface area contributed by atoms with Gasteiger partial charge in [0.1, 0.15) is 0 Å². The molecule has 2 aromatic rings. The van der Waals surface area contributed by atoms with Crippen molar-refractivity contribution in [3.05, 3.63) is 23.8 Å². The number of rotatable bonds is 2. The van der Waals surface area contributed by atoms with Gasteiger partial charge >= 0.3 is 6.03 Å². The van der Waals surface area contributed by atoms with Gasteiger partial charge in [0.2, 0.25) is 0 Å². The molecule has 2 N–H and O–H groups in total. The molecule has 0 aliphatic rings. The summed E-state index contributed by atoms with van der Waals surface area (Å²) in [7, 11) is 1.58. The lowest BCUT2D eigenvalue weighted by molar-refractivity contribution is 0.254. The standard InChI is InChI=1S/C11H13N3OS/c1-3-7-4-5-8-9(6-7)16-11(13-8)14-10(15)12-2/h4-6H,3H2,1-2H3,(H2,12,13,14,15). The molecule has 0 unspecified atom stereocenters. The van der Waals surface area contributed by atoms with Gasteiger partial charge < -0.3 is 5.32 Å². The number of nitrogens with zero attached hydrogens (tertiary/aromatic N) is 1. The van der Waals surface area contributed by atoms with Crippen molar-refractivity contribution < 1.29 is 4.79 Å². The average Bonchev–Trinajstić information content (AvgIpc) is 2.69. The third-order valence-electron chi connectivity index (χ3n) is 2.31. The van der Waals surface area contributed by atoms with E-state index in [-0.39, 0.29) is 6.03 Å². The van der Waals surface area contributed by atoms with Gasteiger partial charge in [0.05, 0.1) is 10.2 Å². The Balaban J connectivity index is 2.32. The zero-order chi connectivity index (χ0) is 11.5. The number of carbonyl (C=O) groups excluding carboxylic acids is 1. The molecule has 0 spiro atoms. The summed E-state index contributed by atoms with van der Waals surface area (Å²) in [5, 5.41) is 5.80. The van der Waals surface area contributed by atoms with Gasteiger partial charge in [0.25, 0.3) is 0 Å². The van der Waals surface area contributed by atoms with Gasteiger partial charge in [-0.15, -0.1) is 0 Å². The lowest BCUT2D eigenvalue weighted by Gasteiger charge is -1.97. The van der Waals surface area contributed by atoms with Gasteiger partial charge in [-0.05, 0) is 24.1 Å². The molecule has 2 amide bonds. The van der Waals surface area contributed by atoms with Crippen LogP contribution in [0.1, 0.15) is 12.5 Å². The van der Waals surface area contributed by atoms with E-state index in [2.05, 4.69) is 34.7 Å². The Morgan fingerprint density at radius 2 is 2.31 bits per heavy atom. The zero-order valence-electron chi connectivity index (χ0n) is 9.20. The summed E-state index contributed by atoms with van der Waals surface area (Å²) in [6.45, 7) is 2.12. The van der Waals surface area contributed by atoms with Crippen LogP contribution < -0.4 is 10.6 Å². The van der Waals surface area contributed by atoms with Crippen LogP contribution in [0.15, 0.2) is 18.2 Å². The van der Waals surface area contributed by atoms with Gasteiger partial charge in [-0.3, -0.25) is 5.32 Å². The lowest BCUT2D eigenvalue weighted by atomic mass is 10.2. The maximum absolute atomic E-state index is 11.1. The van der Waals surface area contributed by atoms with Gasteiger partial charge in [0, 0.05) is 7.05 Å². The van der Waals surface area contributed by atoms with Crippen LogP contribution in [0.2, 0.25) is 0 Å². The van der Waals surface area contributed by atoms with Crippen molar-refractivity contribution >= 4 is 32.7 Å². The van der Waals surface area contributed by atoms with E-state index in [0.717, 1.165) is 16.6 Å². The van der Waals surface area contributed by atoms with Crippen LogP contribution in [0.3, 0.4) is 0 Å². The molecule has 1 aromatic heterocycles. The SMILES string of the molecule is CCc1ccc2nc(NC(=O)NC)sc2c1. The van der Waals surface area contributed by atoms with Crippen molar-refractivity contribution in [2.45, 2.75) is 13.3 Å². The number of anilines is 1. The summed E-state index contributed by atoms with van der Waals surface area (Å²) in [6, 6.07) is 5.92. The largest absolute Gasteiger partial charge is 0.341 e. The van der Waals surface area contributed by atoms with Crippen molar-refractivity contribution in [3.63, 3.8) is 0 Å². The number of urea groups is 1. The van der Waals surface area contributed by atoms with E-state index in [1.807, 2.05) is 6.07 Å². The van der Waals surface area contributed by atoms with Gasteiger partial charge in [-0.2, -0.15) is 0 Å². The smallest absolute Gasteiger partial charge is 0.320 e. The van der Waals surface area contributed by atoms with E-state index < -0.39 is 0 Å². The van der Waals surface area contributed by atoms with Crippen LogP contribution in [0, 0.1) is 0 Å². The Morgan fingerprint density at radius 1 is 1.50 bits per heavy atom. The fourth-order valence-corrected chi connectivity index (χ4v) is 2.33. The molecule has 0 radical (unpaired) electrons. The van der Waals surface area contributed by atoms with Crippen LogP contribution in [-0.2, 0) is 6.42 Å². The Morgan fingerprint density at radius 3 is 3.00 bits per heavy atom.